The maximum atomic E-state index is 5.95. The molecule has 3 heterocycles. The van der Waals surface area contributed by atoms with Crippen molar-refractivity contribution in [3.63, 3.8) is 0 Å². The third-order valence-electron chi connectivity index (χ3n) is 4.23. The summed E-state index contributed by atoms with van der Waals surface area (Å²) in [5, 5.41) is 0. The summed E-state index contributed by atoms with van der Waals surface area (Å²) in [5.74, 6) is 1.97. The topological polar surface area (TPSA) is 34.6 Å². The lowest BCUT2D eigenvalue weighted by Gasteiger charge is -2.38. The summed E-state index contributed by atoms with van der Waals surface area (Å²) < 4.78 is 11.5. The van der Waals surface area contributed by atoms with Crippen LogP contribution in [0.4, 0.5) is 5.82 Å². The molecule has 104 valence electrons. The number of nitrogens with zero attached hydrogens (tertiary/aromatic N) is 2. The summed E-state index contributed by atoms with van der Waals surface area (Å²) in [6.07, 6.45) is 2.97. The van der Waals surface area contributed by atoms with E-state index in [1.807, 2.05) is 6.20 Å². The normalized spacial score (nSPS) is 25.6. The van der Waals surface area contributed by atoms with Gasteiger partial charge in [0, 0.05) is 18.3 Å². The van der Waals surface area contributed by atoms with Gasteiger partial charge in [-0.1, -0.05) is 13.8 Å². The molecule has 0 radical (unpaired) electrons. The molecule has 0 unspecified atom stereocenters. The minimum absolute atomic E-state index is 0.167. The third kappa shape index (κ3) is 2.18. The van der Waals surface area contributed by atoms with E-state index in [0.29, 0.717) is 6.04 Å². The summed E-state index contributed by atoms with van der Waals surface area (Å²) in [5.41, 5.74) is 1.45. The van der Waals surface area contributed by atoms with Crippen molar-refractivity contribution in [1.29, 1.82) is 0 Å². The van der Waals surface area contributed by atoms with Crippen LogP contribution in [0.2, 0.25) is 0 Å². The molecule has 2 aliphatic heterocycles. The predicted octanol–water partition coefficient (Wildman–Crippen LogP) is 2.37. The highest BCUT2D eigenvalue weighted by Gasteiger charge is 2.33. The van der Waals surface area contributed by atoms with E-state index in [1.165, 1.54) is 5.56 Å². The van der Waals surface area contributed by atoms with E-state index >= 15 is 0 Å². The second-order valence-corrected chi connectivity index (χ2v) is 6.11. The minimum atomic E-state index is 0.167. The zero-order valence-corrected chi connectivity index (χ0v) is 12.0. The molecule has 0 aromatic carbocycles. The molecule has 0 spiro atoms. The molecule has 0 amide bonds. The van der Waals surface area contributed by atoms with Crippen LogP contribution < -0.4 is 9.64 Å². The minimum Gasteiger partial charge on any atom is -0.489 e. The number of aromatic nitrogens is 1. The second-order valence-electron chi connectivity index (χ2n) is 6.11. The average molecular weight is 262 g/mol. The van der Waals surface area contributed by atoms with Crippen LogP contribution in [0, 0.1) is 0 Å². The molecule has 0 bridgehead atoms. The molecule has 0 saturated carbocycles. The number of hydrogen-bond acceptors (Lipinski definition) is 4. The van der Waals surface area contributed by atoms with E-state index in [-0.39, 0.29) is 5.41 Å². The Morgan fingerprint density at radius 2 is 2.21 bits per heavy atom. The van der Waals surface area contributed by atoms with Gasteiger partial charge in [0.15, 0.2) is 11.6 Å². The highest BCUT2D eigenvalue weighted by atomic mass is 16.5. The molecule has 4 heteroatoms. The van der Waals surface area contributed by atoms with Crippen LogP contribution in [0.3, 0.4) is 0 Å². The van der Waals surface area contributed by atoms with Crippen LogP contribution in [0.15, 0.2) is 12.3 Å². The standard InChI is InChI=1S/C15H22N2O2/c1-11-10-18-9-7-17(11)14-13-12(4-6-16-14)15(2,3)5-8-19-13/h4,6,11H,5,7-10H2,1-3H3/t11-/m0/s1. The first-order chi connectivity index (χ1) is 9.09. The van der Waals surface area contributed by atoms with Crippen molar-refractivity contribution in [1.82, 2.24) is 4.98 Å². The fraction of sp³-hybridized carbons (Fsp3) is 0.667. The Kier molecular flexibility index (Phi) is 3.13. The number of hydrogen-bond donors (Lipinski definition) is 0. The Morgan fingerprint density at radius 1 is 1.37 bits per heavy atom. The zero-order valence-electron chi connectivity index (χ0n) is 12.0. The van der Waals surface area contributed by atoms with Gasteiger partial charge in [-0.2, -0.15) is 0 Å². The van der Waals surface area contributed by atoms with Crippen LogP contribution in [0.1, 0.15) is 32.8 Å². The first-order valence-corrected chi connectivity index (χ1v) is 7.06. The van der Waals surface area contributed by atoms with Crippen molar-refractivity contribution in [2.24, 2.45) is 0 Å². The van der Waals surface area contributed by atoms with Gasteiger partial charge in [0.1, 0.15) is 0 Å². The Morgan fingerprint density at radius 3 is 3.00 bits per heavy atom. The average Bonchev–Trinajstić information content (AvgIpc) is 2.39. The van der Waals surface area contributed by atoms with Crippen molar-refractivity contribution < 1.29 is 9.47 Å². The number of rotatable bonds is 1. The van der Waals surface area contributed by atoms with E-state index < -0.39 is 0 Å². The van der Waals surface area contributed by atoms with Gasteiger partial charge in [-0.3, -0.25) is 0 Å². The third-order valence-corrected chi connectivity index (χ3v) is 4.23. The maximum Gasteiger partial charge on any atom is 0.172 e. The lowest BCUT2D eigenvalue weighted by Crippen LogP contribution is -2.44. The Hall–Kier alpha value is -1.29. The largest absolute Gasteiger partial charge is 0.489 e. The van der Waals surface area contributed by atoms with Gasteiger partial charge in [-0.25, -0.2) is 4.98 Å². The van der Waals surface area contributed by atoms with Gasteiger partial charge in [-0.15, -0.1) is 0 Å². The summed E-state index contributed by atoms with van der Waals surface area (Å²) in [4.78, 5) is 6.89. The SMILES string of the molecule is C[C@H]1COCCN1c1nccc2c1OCCC2(C)C. The van der Waals surface area contributed by atoms with E-state index in [0.717, 1.165) is 44.4 Å². The Labute approximate surface area is 114 Å². The van der Waals surface area contributed by atoms with E-state index in [9.17, 15) is 0 Å². The van der Waals surface area contributed by atoms with Gasteiger partial charge < -0.3 is 14.4 Å². The van der Waals surface area contributed by atoms with Crippen LogP contribution in [0.5, 0.6) is 5.75 Å². The molecule has 3 rings (SSSR count). The van der Waals surface area contributed by atoms with Crippen molar-refractivity contribution in [2.45, 2.75) is 38.6 Å². The van der Waals surface area contributed by atoms with Gasteiger partial charge >= 0.3 is 0 Å². The molecule has 1 fully saturated rings. The molecule has 19 heavy (non-hydrogen) atoms. The quantitative estimate of drug-likeness (QED) is 0.778. The van der Waals surface area contributed by atoms with Crippen molar-refractivity contribution >= 4 is 5.82 Å². The highest BCUT2D eigenvalue weighted by Crippen LogP contribution is 2.43. The van der Waals surface area contributed by atoms with Gasteiger partial charge in [-0.05, 0) is 24.8 Å². The summed E-state index contributed by atoms with van der Waals surface area (Å²) in [6.45, 7) is 9.91. The van der Waals surface area contributed by atoms with Crippen LogP contribution >= 0.6 is 0 Å². The first kappa shape index (κ1) is 12.7. The smallest absolute Gasteiger partial charge is 0.172 e. The summed E-state index contributed by atoms with van der Waals surface area (Å²) >= 11 is 0. The molecular formula is C15H22N2O2. The number of pyridine rings is 1. The lowest BCUT2D eigenvalue weighted by molar-refractivity contribution is 0.0978. The van der Waals surface area contributed by atoms with Crippen molar-refractivity contribution in [3.8, 4) is 5.75 Å². The molecule has 1 aromatic rings. The molecule has 1 atom stereocenters. The van der Waals surface area contributed by atoms with E-state index in [1.54, 1.807) is 0 Å². The van der Waals surface area contributed by atoms with Crippen LogP contribution in [0.25, 0.3) is 0 Å². The van der Waals surface area contributed by atoms with Crippen molar-refractivity contribution in [2.75, 3.05) is 31.3 Å². The summed E-state index contributed by atoms with van der Waals surface area (Å²) in [7, 11) is 0. The molecule has 4 nitrogen and oxygen atoms in total. The molecule has 1 aromatic heterocycles. The lowest BCUT2D eigenvalue weighted by atomic mass is 9.80. The highest BCUT2D eigenvalue weighted by molar-refractivity contribution is 5.59. The number of fused-ring (bicyclic) bond motifs is 1. The van der Waals surface area contributed by atoms with Crippen LogP contribution in [-0.2, 0) is 10.2 Å². The fourth-order valence-electron chi connectivity index (χ4n) is 2.90. The monoisotopic (exact) mass is 262 g/mol. The first-order valence-electron chi connectivity index (χ1n) is 7.06. The van der Waals surface area contributed by atoms with Crippen LogP contribution in [-0.4, -0.2) is 37.4 Å². The van der Waals surface area contributed by atoms with Crippen molar-refractivity contribution in [3.05, 3.63) is 17.8 Å². The molecule has 0 N–H and O–H groups in total. The fourth-order valence-corrected chi connectivity index (χ4v) is 2.90. The number of morpholine rings is 1. The van der Waals surface area contributed by atoms with Gasteiger partial charge in [0.05, 0.1) is 25.9 Å². The zero-order chi connectivity index (χ0) is 13.5. The van der Waals surface area contributed by atoms with E-state index in [4.69, 9.17) is 9.47 Å². The summed E-state index contributed by atoms with van der Waals surface area (Å²) in [6, 6.07) is 2.45. The Bertz CT molecular complexity index is 473. The predicted molar refractivity (Wildman–Crippen MR) is 75.0 cm³/mol. The Balaban J connectivity index is 2.03. The second kappa shape index (κ2) is 4.67. The maximum absolute atomic E-state index is 5.95. The number of ether oxygens (including phenoxy) is 2. The molecule has 0 aliphatic carbocycles. The molecular weight excluding hydrogens is 240 g/mol. The van der Waals surface area contributed by atoms with Gasteiger partial charge in [0.25, 0.3) is 0 Å². The van der Waals surface area contributed by atoms with Gasteiger partial charge in [0.2, 0.25) is 0 Å². The number of anilines is 1. The van der Waals surface area contributed by atoms with E-state index in [2.05, 4.69) is 36.7 Å². The molecule has 2 aliphatic rings. The molecule has 1 saturated heterocycles.